The fourth-order valence-electron chi connectivity index (χ4n) is 2.65. The number of ether oxygens (including phenoxy) is 2. The van der Waals surface area contributed by atoms with Gasteiger partial charge in [0.1, 0.15) is 5.72 Å². The molecule has 1 unspecified atom stereocenters. The maximum absolute atomic E-state index is 11.5. The summed E-state index contributed by atoms with van der Waals surface area (Å²) in [5, 5.41) is 9.40. The third kappa shape index (κ3) is 3.39. The van der Waals surface area contributed by atoms with Crippen molar-refractivity contribution in [1.29, 1.82) is 0 Å². The molecule has 2 rings (SSSR count). The lowest BCUT2D eigenvalue weighted by Gasteiger charge is -2.31. The molecule has 0 saturated carbocycles. The van der Waals surface area contributed by atoms with Gasteiger partial charge in [-0.05, 0) is 31.9 Å². The van der Waals surface area contributed by atoms with Gasteiger partial charge in [-0.2, -0.15) is 0 Å². The summed E-state index contributed by atoms with van der Waals surface area (Å²) in [6.07, 6.45) is -0.799. The number of benzene rings is 1. The number of hydrogen-bond donors (Lipinski definition) is 1. The van der Waals surface area contributed by atoms with Crippen molar-refractivity contribution in [3.05, 3.63) is 35.4 Å². The van der Waals surface area contributed by atoms with Gasteiger partial charge >= 0.3 is 12.1 Å². The minimum atomic E-state index is -1.01. The second kappa shape index (κ2) is 6.36. The van der Waals surface area contributed by atoms with Crippen LogP contribution in [-0.4, -0.2) is 41.0 Å². The predicted molar refractivity (Wildman–Crippen MR) is 79.4 cm³/mol. The van der Waals surface area contributed by atoms with Crippen LogP contribution in [0.25, 0.3) is 0 Å². The fraction of sp³-hybridized carbons (Fsp3) is 0.500. The Morgan fingerprint density at radius 1 is 1.36 bits per heavy atom. The van der Waals surface area contributed by atoms with Crippen molar-refractivity contribution in [2.45, 2.75) is 39.0 Å². The van der Waals surface area contributed by atoms with Gasteiger partial charge in [-0.25, -0.2) is 4.79 Å². The van der Waals surface area contributed by atoms with Crippen molar-refractivity contribution in [3.63, 3.8) is 0 Å². The summed E-state index contributed by atoms with van der Waals surface area (Å²) in [5.41, 5.74) is 0.836. The van der Waals surface area contributed by atoms with E-state index in [9.17, 15) is 14.7 Å². The highest BCUT2D eigenvalue weighted by Crippen LogP contribution is 2.36. The second-order valence-electron chi connectivity index (χ2n) is 5.65. The Morgan fingerprint density at radius 3 is 2.55 bits per heavy atom. The van der Waals surface area contributed by atoms with E-state index in [-0.39, 0.29) is 18.4 Å². The first-order valence-corrected chi connectivity index (χ1v) is 7.26. The smallest absolute Gasteiger partial charge is 0.410 e. The van der Waals surface area contributed by atoms with E-state index in [4.69, 9.17) is 9.47 Å². The van der Waals surface area contributed by atoms with Crippen molar-refractivity contribution in [1.82, 2.24) is 4.90 Å². The fourth-order valence-corrected chi connectivity index (χ4v) is 2.65. The molecule has 1 fully saturated rings. The molecule has 6 nitrogen and oxygen atoms in total. The van der Waals surface area contributed by atoms with Crippen LogP contribution in [0.1, 0.15) is 37.9 Å². The number of carboxylic acid groups (broad SMARTS) is 1. The van der Waals surface area contributed by atoms with Gasteiger partial charge in [0, 0.05) is 0 Å². The monoisotopic (exact) mass is 307 g/mol. The maximum atomic E-state index is 11.5. The van der Waals surface area contributed by atoms with Crippen LogP contribution in [0, 0.1) is 0 Å². The van der Waals surface area contributed by atoms with Gasteiger partial charge in [0.25, 0.3) is 0 Å². The lowest BCUT2D eigenvalue weighted by molar-refractivity contribution is -0.142. The van der Waals surface area contributed by atoms with Gasteiger partial charge in [-0.1, -0.05) is 24.3 Å². The zero-order valence-electron chi connectivity index (χ0n) is 13.0. The lowest BCUT2D eigenvalue weighted by Crippen LogP contribution is -2.43. The van der Waals surface area contributed by atoms with E-state index in [2.05, 4.69) is 0 Å². The van der Waals surface area contributed by atoms with Gasteiger partial charge in [-0.15, -0.1) is 0 Å². The molecule has 120 valence electrons. The molecule has 0 aliphatic carbocycles. The van der Waals surface area contributed by atoms with Crippen LogP contribution in [0.15, 0.2) is 24.3 Å². The maximum Gasteiger partial charge on any atom is 0.410 e. The number of carbonyl (C=O) groups excluding carboxylic acids is 1. The predicted octanol–water partition coefficient (Wildman–Crippen LogP) is 2.58. The Morgan fingerprint density at radius 2 is 2.00 bits per heavy atom. The molecule has 1 amide bonds. The molecular formula is C16H21NO5. The molecule has 0 spiro atoms. The lowest BCUT2D eigenvalue weighted by atomic mass is 10.0. The number of rotatable bonds is 4. The summed E-state index contributed by atoms with van der Waals surface area (Å²) in [5.74, 6) is -0.271. The van der Waals surface area contributed by atoms with Gasteiger partial charge < -0.3 is 14.6 Å². The summed E-state index contributed by atoms with van der Waals surface area (Å²) in [6.45, 7) is 5.91. The molecule has 0 aromatic heterocycles. The van der Waals surface area contributed by atoms with E-state index >= 15 is 0 Å². The zero-order chi connectivity index (χ0) is 16.3. The standard InChI is InChI=1S/C16H21NO5/c1-4-21-14(18)9-11-5-7-12(8-6-11)13-10-22-16(2,3)17(13)15(19)20/h5-8,13H,4,9-10H2,1-3H3,(H,19,20). The van der Waals surface area contributed by atoms with E-state index in [0.29, 0.717) is 13.2 Å². The van der Waals surface area contributed by atoms with Crippen molar-refractivity contribution in [2.75, 3.05) is 13.2 Å². The molecule has 1 heterocycles. The minimum absolute atomic E-state index is 0.212. The first kappa shape index (κ1) is 16.3. The van der Waals surface area contributed by atoms with E-state index < -0.39 is 11.8 Å². The number of amides is 1. The molecule has 1 atom stereocenters. The first-order valence-electron chi connectivity index (χ1n) is 7.26. The van der Waals surface area contributed by atoms with Crippen molar-refractivity contribution in [3.8, 4) is 0 Å². The van der Waals surface area contributed by atoms with Crippen molar-refractivity contribution >= 4 is 12.1 Å². The molecule has 1 aromatic carbocycles. The largest absolute Gasteiger partial charge is 0.466 e. The van der Waals surface area contributed by atoms with Crippen LogP contribution < -0.4 is 0 Å². The molecule has 1 aromatic rings. The van der Waals surface area contributed by atoms with Crippen LogP contribution in [-0.2, 0) is 20.7 Å². The van der Waals surface area contributed by atoms with Crippen LogP contribution in [0.5, 0.6) is 0 Å². The van der Waals surface area contributed by atoms with Crippen LogP contribution in [0.4, 0.5) is 4.79 Å². The van der Waals surface area contributed by atoms with Crippen molar-refractivity contribution < 1.29 is 24.2 Å². The molecule has 1 aliphatic heterocycles. The average Bonchev–Trinajstić information content (AvgIpc) is 2.75. The molecule has 1 N–H and O–H groups in total. The Labute approximate surface area is 129 Å². The molecule has 0 bridgehead atoms. The summed E-state index contributed by atoms with van der Waals surface area (Å²) >= 11 is 0. The summed E-state index contributed by atoms with van der Waals surface area (Å²) < 4.78 is 10.5. The topological polar surface area (TPSA) is 76.1 Å². The summed E-state index contributed by atoms with van der Waals surface area (Å²) in [6, 6.07) is 6.96. The van der Waals surface area contributed by atoms with E-state index in [1.165, 1.54) is 4.90 Å². The van der Waals surface area contributed by atoms with Crippen LogP contribution >= 0.6 is 0 Å². The summed E-state index contributed by atoms with van der Waals surface area (Å²) in [4.78, 5) is 24.2. The van der Waals surface area contributed by atoms with Gasteiger partial charge in [0.2, 0.25) is 0 Å². The van der Waals surface area contributed by atoms with Gasteiger partial charge in [0.05, 0.1) is 25.7 Å². The quantitative estimate of drug-likeness (QED) is 0.865. The second-order valence-corrected chi connectivity index (χ2v) is 5.65. The van der Waals surface area contributed by atoms with Gasteiger partial charge in [-0.3, -0.25) is 9.69 Å². The highest BCUT2D eigenvalue weighted by Gasteiger charge is 2.44. The number of nitrogens with zero attached hydrogens (tertiary/aromatic N) is 1. The average molecular weight is 307 g/mol. The summed E-state index contributed by atoms with van der Waals surface area (Å²) in [7, 11) is 0. The number of hydrogen-bond acceptors (Lipinski definition) is 4. The Balaban J connectivity index is 2.13. The molecule has 1 saturated heterocycles. The molecular weight excluding hydrogens is 286 g/mol. The SMILES string of the molecule is CCOC(=O)Cc1ccc(C2COC(C)(C)N2C(=O)O)cc1. The third-order valence-electron chi connectivity index (χ3n) is 3.71. The highest BCUT2D eigenvalue weighted by molar-refractivity contribution is 5.72. The number of esters is 1. The molecule has 1 aliphatic rings. The van der Waals surface area contributed by atoms with E-state index in [1.54, 1.807) is 20.8 Å². The normalized spacial score (nSPS) is 20.0. The molecule has 0 radical (unpaired) electrons. The zero-order valence-corrected chi connectivity index (χ0v) is 13.0. The van der Waals surface area contributed by atoms with Gasteiger partial charge in [0.15, 0.2) is 0 Å². The third-order valence-corrected chi connectivity index (χ3v) is 3.71. The molecule has 6 heteroatoms. The van der Waals surface area contributed by atoms with E-state index in [0.717, 1.165) is 11.1 Å². The van der Waals surface area contributed by atoms with E-state index in [1.807, 2.05) is 24.3 Å². The van der Waals surface area contributed by atoms with Crippen molar-refractivity contribution in [2.24, 2.45) is 0 Å². The Hall–Kier alpha value is -2.08. The minimum Gasteiger partial charge on any atom is -0.466 e. The highest BCUT2D eigenvalue weighted by atomic mass is 16.5. The Bertz CT molecular complexity index is 552. The molecule has 22 heavy (non-hydrogen) atoms. The number of carbonyl (C=O) groups is 2. The Kier molecular flexibility index (Phi) is 4.71. The van der Waals surface area contributed by atoms with Crippen LogP contribution in [0.3, 0.4) is 0 Å². The first-order chi connectivity index (χ1) is 10.3. The van der Waals surface area contributed by atoms with Crippen LogP contribution in [0.2, 0.25) is 0 Å².